The lowest BCUT2D eigenvalue weighted by Gasteiger charge is -2.31. The van der Waals surface area contributed by atoms with Crippen LogP contribution in [-0.2, 0) is 16.1 Å². The lowest BCUT2D eigenvalue weighted by atomic mass is 9.95. The zero-order valence-electron chi connectivity index (χ0n) is 17.3. The van der Waals surface area contributed by atoms with Gasteiger partial charge in [0.05, 0.1) is 13.2 Å². The quantitative estimate of drug-likeness (QED) is 0.842. The number of carbonyl (C=O) groups is 1. The first kappa shape index (κ1) is 19.9. The predicted octanol–water partition coefficient (Wildman–Crippen LogP) is 3.68. The van der Waals surface area contributed by atoms with Gasteiger partial charge in [-0.15, -0.1) is 0 Å². The summed E-state index contributed by atoms with van der Waals surface area (Å²) in [6.45, 7) is 8.44. The first-order valence-corrected chi connectivity index (χ1v) is 10.7. The van der Waals surface area contributed by atoms with E-state index in [1.165, 1.54) is 16.8 Å². The minimum absolute atomic E-state index is 0.100. The standard InChI is InChI=1S/C24H31N3O2/c1-19-2-4-20(5-3-19)18-26-12-10-21(11-13-26)24(28)25-22-6-8-23(9-7-22)27-14-16-29-17-15-27/h2-9,21H,10-18H2,1H3,(H,25,28). The second-order valence-corrected chi connectivity index (χ2v) is 8.17. The molecule has 2 aliphatic rings. The zero-order chi connectivity index (χ0) is 20.1. The highest BCUT2D eigenvalue weighted by Gasteiger charge is 2.25. The van der Waals surface area contributed by atoms with Crippen LogP contribution < -0.4 is 10.2 Å². The average Bonchev–Trinajstić information content (AvgIpc) is 2.77. The van der Waals surface area contributed by atoms with Crippen molar-refractivity contribution in [3.05, 3.63) is 59.7 Å². The van der Waals surface area contributed by atoms with Gasteiger partial charge < -0.3 is 15.0 Å². The van der Waals surface area contributed by atoms with E-state index < -0.39 is 0 Å². The third kappa shape index (κ3) is 5.37. The van der Waals surface area contributed by atoms with Crippen molar-refractivity contribution in [2.75, 3.05) is 49.6 Å². The molecule has 0 saturated carbocycles. The third-order valence-corrected chi connectivity index (χ3v) is 6.00. The molecule has 0 radical (unpaired) electrons. The van der Waals surface area contributed by atoms with Crippen LogP contribution >= 0.6 is 0 Å². The molecule has 2 aliphatic heterocycles. The van der Waals surface area contributed by atoms with Crippen LogP contribution in [0.1, 0.15) is 24.0 Å². The molecular weight excluding hydrogens is 362 g/mol. The Labute approximate surface area is 173 Å². The number of amides is 1. The molecule has 5 nitrogen and oxygen atoms in total. The molecule has 2 aromatic rings. The van der Waals surface area contributed by atoms with E-state index in [2.05, 4.69) is 58.4 Å². The maximum Gasteiger partial charge on any atom is 0.227 e. The van der Waals surface area contributed by atoms with Crippen LogP contribution in [0.25, 0.3) is 0 Å². The zero-order valence-corrected chi connectivity index (χ0v) is 17.3. The number of likely N-dealkylation sites (tertiary alicyclic amines) is 1. The number of ether oxygens (including phenoxy) is 1. The Balaban J connectivity index is 1.24. The van der Waals surface area contributed by atoms with Gasteiger partial charge in [0.25, 0.3) is 0 Å². The van der Waals surface area contributed by atoms with Gasteiger partial charge in [0.2, 0.25) is 5.91 Å². The minimum Gasteiger partial charge on any atom is -0.378 e. The third-order valence-electron chi connectivity index (χ3n) is 6.00. The van der Waals surface area contributed by atoms with Crippen molar-refractivity contribution < 1.29 is 9.53 Å². The van der Waals surface area contributed by atoms with E-state index in [0.29, 0.717) is 0 Å². The summed E-state index contributed by atoms with van der Waals surface area (Å²) in [5.41, 5.74) is 4.71. The summed E-state index contributed by atoms with van der Waals surface area (Å²) in [6, 6.07) is 16.9. The van der Waals surface area contributed by atoms with Gasteiger partial charge in [-0.05, 0) is 62.7 Å². The van der Waals surface area contributed by atoms with Gasteiger partial charge in [0.15, 0.2) is 0 Å². The molecule has 0 aliphatic carbocycles. The number of rotatable bonds is 5. The van der Waals surface area contributed by atoms with Gasteiger partial charge in [-0.1, -0.05) is 29.8 Å². The molecular formula is C24H31N3O2. The summed E-state index contributed by atoms with van der Waals surface area (Å²) in [7, 11) is 0. The number of carbonyl (C=O) groups excluding carboxylic acids is 1. The number of hydrogen-bond acceptors (Lipinski definition) is 4. The van der Waals surface area contributed by atoms with Crippen molar-refractivity contribution in [3.8, 4) is 0 Å². The molecule has 5 heteroatoms. The molecule has 2 saturated heterocycles. The summed E-state index contributed by atoms with van der Waals surface area (Å²) >= 11 is 0. The maximum absolute atomic E-state index is 12.7. The summed E-state index contributed by atoms with van der Waals surface area (Å²) < 4.78 is 5.41. The van der Waals surface area contributed by atoms with Gasteiger partial charge in [-0.25, -0.2) is 0 Å². The number of morpholine rings is 1. The predicted molar refractivity (Wildman–Crippen MR) is 117 cm³/mol. The Morgan fingerprint density at radius 2 is 1.62 bits per heavy atom. The van der Waals surface area contributed by atoms with Crippen LogP contribution in [0.15, 0.2) is 48.5 Å². The van der Waals surface area contributed by atoms with Crippen LogP contribution in [-0.4, -0.2) is 50.2 Å². The highest BCUT2D eigenvalue weighted by atomic mass is 16.5. The summed E-state index contributed by atoms with van der Waals surface area (Å²) in [4.78, 5) is 17.5. The summed E-state index contributed by atoms with van der Waals surface area (Å²) in [5.74, 6) is 0.252. The fraction of sp³-hybridized carbons (Fsp3) is 0.458. The van der Waals surface area contributed by atoms with Crippen molar-refractivity contribution in [2.24, 2.45) is 5.92 Å². The van der Waals surface area contributed by atoms with E-state index in [9.17, 15) is 4.79 Å². The second-order valence-electron chi connectivity index (χ2n) is 8.17. The van der Waals surface area contributed by atoms with Gasteiger partial charge in [0, 0.05) is 36.9 Å². The molecule has 0 atom stereocenters. The van der Waals surface area contributed by atoms with Gasteiger partial charge in [-0.3, -0.25) is 9.69 Å². The largest absolute Gasteiger partial charge is 0.378 e. The SMILES string of the molecule is Cc1ccc(CN2CCC(C(=O)Nc3ccc(N4CCOCC4)cc3)CC2)cc1. The van der Waals surface area contributed by atoms with E-state index >= 15 is 0 Å². The van der Waals surface area contributed by atoms with Crippen LogP contribution in [0, 0.1) is 12.8 Å². The van der Waals surface area contributed by atoms with E-state index in [-0.39, 0.29) is 11.8 Å². The molecule has 0 aromatic heterocycles. The topological polar surface area (TPSA) is 44.8 Å². The Kier molecular flexibility index (Phi) is 6.47. The number of benzene rings is 2. The van der Waals surface area contributed by atoms with Gasteiger partial charge in [0.1, 0.15) is 0 Å². The maximum atomic E-state index is 12.7. The monoisotopic (exact) mass is 393 g/mol. The molecule has 2 heterocycles. The first-order chi connectivity index (χ1) is 14.2. The number of nitrogens with one attached hydrogen (secondary N) is 1. The molecule has 0 bridgehead atoms. The number of nitrogens with zero attached hydrogens (tertiary/aromatic N) is 2. The summed E-state index contributed by atoms with van der Waals surface area (Å²) in [6.07, 6.45) is 1.84. The van der Waals surface area contributed by atoms with E-state index in [1.54, 1.807) is 0 Å². The molecule has 0 unspecified atom stereocenters. The Morgan fingerprint density at radius 1 is 0.966 bits per heavy atom. The summed E-state index contributed by atoms with van der Waals surface area (Å²) in [5, 5.41) is 3.11. The molecule has 2 aromatic carbocycles. The number of aryl methyl sites for hydroxylation is 1. The number of piperidine rings is 1. The Morgan fingerprint density at radius 3 is 2.28 bits per heavy atom. The van der Waals surface area contributed by atoms with Crippen LogP contribution in [0.3, 0.4) is 0 Å². The van der Waals surface area contributed by atoms with Gasteiger partial charge in [-0.2, -0.15) is 0 Å². The van der Waals surface area contributed by atoms with Crippen LogP contribution in [0.4, 0.5) is 11.4 Å². The van der Waals surface area contributed by atoms with Crippen molar-refractivity contribution in [2.45, 2.75) is 26.3 Å². The van der Waals surface area contributed by atoms with Crippen molar-refractivity contribution in [3.63, 3.8) is 0 Å². The van der Waals surface area contributed by atoms with E-state index in [0.717, 1.165) is 64.5 Å². The highest BCUT2D eigenvalue weighted by Crippen LogP contribution is 2.23. The van der Waals surface area contributed by atoms with Gasteiger partial charge >= 0.3 is 0 Å². The Bertz CT molecular complexity index is 790. The lowest BCUT2D eigenvalue weighted by molar-refractivity contribution is -0.121. The van der Waals surface area contributed by atoms with Crippen molar-refractivity contribution in [1.29, 1.82) is 0 Å². The van der Waals surface area contributed by atoms with E-state index in [4.69, 9.17) is 4.74 Å². The minimum atomic E-state index is 0.100. The van der Waals surface area contributed by atoms with Crippen LogP contribution in [0.2, 0.25) is 0 Å². The van der Waals surface area contributed by atoms with Crippen molar-refractivity contribution in [1.82, 2.24) is 4.90 Å². The smallest absolute Gasteiger partial charge is 0.227 e. The first-order valence-electron chi connectivity index (χ1n) is 10.7. The molecule has 1 amide bonds. The molecule has 2 fully saturated rings. The second kappa shape index (κ2) is 9.42. The molecule has 154 valence electrons. The normalized spacial score (nSPS) is 18.6. The average molecular weight is 394 g/mol. The number of anilines is 2. The van der Waals surface area contributed by atoms with Crippen molar-refractivity contribution >= 4 is 17.3 Å². The molecule has 4 rings (SSSR count). The molecule has 0 spiro atoms. The lowest BCUT2D eigenvalue weighted by Crippen LogP contribution is -2.37. The highest BCUT2D eigenvalue weighted by molar-refractivity contribution is 5.92. The molecule has 1 N–H and O–H groups in total. The molecule has 29 heavy (non-hydrogen) atoms. The number of hydrogen-bond donors (Lipinski definition) is 1. The fourth-order valence-corrected chi connectivity index (χ4v) is 4.13. The van der Waals surface area contributed by atoms with E-state index in [1.807, 2.05) is 12.1 Å². The fourth-order valence-electron chi connectivity index (χ4n) is 4.13. The van der Waals surface area contributed by atoms with Crippen LogP contribution in [0.5, 0.6) is 0 Å². The Hall–Kier alpha value is -2.37.